The van der Waals surface area contributed by atoms with Crippen LogP contribution in [0.1, 0.15) is 57.5 Å². The molecule has 2 rings (SSSR count). The first-order chi connectivity index (χ1) is 8.69. The third-order valence-electron chi connectivity index (χ3n) is 2.89. The van der Waals surface area contributed by atoms with Crippen LogP contribution >= 0.6 is 11.8 Å². The Morgan fingerprint density at radius 2 is 2.17 bits per heavy atom. The summed E-state index contributed by atoms with van der Waals surface area (Å²) >= 11 is 1.90. The largest absolute Gasteiger partial charge is 0.370 e. The average Bonchev–Trinajstić information content (AvgIpc) is 3.18. The van der Waals surface area contributed by atoms with Crippen LogP contribution in [0.2, 0.25) is 0 Å². The van der Waals surface area contributed by atoms with Gasteiger partial charge in [-0.25, -0.2) is 9.97 Å². The molecule has 0 saturated heterocycles. The van der Waals surface area contributed by atoms with Crippen molar-refractivity contribution in [1.29, 1.82) is 0 Å². The lowest BCUT2D eigenvalue weighted by Crippen LogP contribution is -2.07. The van der Waals surface area contributed by atoms with Crippen LogP contribution in [0.3, 0.4) is 0 Å². The minimum absolute atomic E-state index is 0.630. The number of hydrogen-bond donors (Lipinski definition) is 1. The Bertz CT molecular complexity index is 389. The van der Waals surface area contributed by atoms with Crippen LogP contribution in [0.25, 0.3) is 0 Å². The molecule has 1 fully saturated rings. The zero-order chi connectivity index (χ0) is 13.0. The summed E-state index contributed by atoms with van der Waals surface area (Å²) in [7, 11) is 0. The third kappa shape index (κ3) is 4.16. The van der Waals surface area contributed by atoms with E-state index in [0.29, 0.717) is 11.2 Å². The Balaban J connectivity index is 2.08. The second kappa shape index (κ2) is 6.41. The molecule has 0 aliphatic heterocycles. The molecule has 18 heavy (non-hydrogen) atoms. The predicted molar refractivity (Wildman–Crippen MR) is 79.2 cm³/mol. The van der Waals surface area contributed by atoms with Crippen molar-refractivity contribution >= 4 is 17.6 Å². The molecule has 0 bridgehead atoms. The summed E-state index contributed by atoms with van der Waals surface area (Å²) in [4.78, 5) is 9.31. The van der Waals surface area contributed by atoms with Gasteiger partial charge in [-0.1, -0.05) is 20.8 Å². The molecule has 0 radical (unpaired) electrons. The van der Waals surface area contributed by atoms with E-state index in [1.807, 2.05) is 11.8 Å². The highest BCUT2D eigenvalue weighted by Crippen LogP contribution is 2.39. The summed E-state index contributed by atoms with van der Waals surface area (Å²) in [6.45, 7) is 7.58. The van der Waals surface area contributed by atoms with Crippen molar-refractivity contribution in [2.24, 2.45) is 0 Å². The Kier molecular flexibility index (Phi) is 4.87. The number of nitrogens with zero attached hydrogens (tertiary/aromatic N) is 2. The van der Waals surface area contributed by atoms with Gasteiger partial charge in [-0.05, 0) is 24.5 Å². The van der Waals surface area contributed by atoms with Crippen LogP contribution in [-0.2, 0) is 5.75 Å². The number of thioether (sulfide) groups is 1. The van der Waals surface area contributed by atoms with E-state index in [2.05, 4.69) is 37.1 Å². The monoisotopic (exact) mass is 265 g/mol. The molecule has 1 aliphatic rings. The van der Waals surface area contributed by atoms with Gasteiger partial charge in [-0.3, -0.25) is 0 Å². The standard InChI is InChI=1S/C14H23N3S/c1-4-7-15-13-8-12(11-5-6-11)16-14(17-13)9-18-10(2)3/h8,10-11H,4-7,9H2,1-3H3,(H,15,16,17). The summed E-state index contributed by atoms with van der Waals surface area (Å²) in [5.74, 6) is 3.60. The van der Waals surface area contributed by atoms with Crippen molar-refractivity contribution < 1.29 is 0 Å². The van der Waals surface area contributed by atoms with E-state index in [4.69, 9.17) is 4.98 Å². The molecule has 1 aliphatic carbocycles. The number of rotatable bonds is 7. The predicted octanol–water partition coefficient (Wildman–Crippen LogP) is 3.82. The van der Waals surface area contributed by atoms with Crippen molar-refractivity contribution in [3.05, 3.63) is 17.6 Å². The van der Waals surface area contributed by atoms with Gasteiger partial charge in [0.1, 0.15) is 11.6 Å². The van der Waals surface area contributed by atoms with Crippen molar-refractivity contribution in [2.45, 2.75) is 57.0 Å². The van der Waals surface area contributed by atoms with Crippen LogP contribution in [0.15, 0.2) is 6.07 Å². The summed E-state index contributed by atoms with van der Waals surface area (Å²) in [6.07, 6.45) is 3.71. The Morgan fingerprint density at radius 3 is 2.78 bits per heavy atom. The van der Waals surface area contributed by atoms with Gasteiger partial charge in [-0.2, -0.15) is 11.8 Å². The second-order valence-electron chi connectivity index (χ2n) is 5.16. The molecule has 1 aromatic rings. The molecule has 1 saturated carbocycles. The number of aromatic nitrogens is 2. The molecule has 0 atom stereocenters. The molecule has 0 spiro atoms. The molecule has 1 heterocycles. The molecule has 0 aromatic carbocycles. The van der Waals surface area contributed by atoms with Gasteiger partial charge in [0.2, 0.25) is 0 Å². The fraction of sp³-hybridized carbons (Fsp3) is 0.714. The Labute approximate surface area is 114 Å². The molecule has 3 nitrogen and oxygen atoms in total. The minimum atomic E-state index is 0.630. The van der Waals surface area contributed by atoms with Crippen LogP contribution < -0.4 is 5.32 Å². The lowest BCUT2D eigenvalue weighted by Gasteiger charge is -2.10. The van der Waals surface area contributed by atoms with E-state index in [-0.39, 0.29) is 0 Å². The van der Waals surface area contributed by atoms with Crippen molar-refractivity contribution in [2.75, 3.05) is 11.9 Å². The number of anilines is 1. The fourth-order valence-electron chi connectivity index (χ4n) is 1.76. The lowest BCUT2D eigenvalue weighted by atomic mass is 10.2. The third-order valence-corrected chi connectivity index (χ3v) is 3.98. The van der Waals surface area contributed by atoms with Gasteiger partial charge >= 0.3 is 0 Å². The highest BCUT2D eigenvalue weighted by Gasteiger charge is 2.26. The molecule has 1 N–H and O–H groups in total. The van der Waals surface area contributed by atoms with E-state index in [9.17, 15) is 0 Å². The molecular formula is C14H23N3S. The maximum Gasteiger partial charge on any atom is 0.140 e. The summed E-state index contributed by atoms with van der Waals surface area (Å²) in [5.41, 5.74) is 1.24. The number of hydrogen-bond acceptors (Lipinski definition) is 4. The van der Waals surface area contributed by atoms with Crippen molar-refractivity contribution in [3.63, 3.8) is 0 Å². The average molecular weight is 265 g/mol. The zero-order valence-corrected chi connectivity index (χ0v) is 12.4. The lowest BCUT2D eigenvalue weighted by molar-refractivity contribution is 0.910. The number of nitrogens with one attached hydrogen (secondary N) is 1. The van der Waals surface area contributed by atoms with Crippen LogP contribution in [0.5, 0.6) is 0 Å². The quantitative estimate of drug-likeness (QED) is 0.813. The Hall–Kier alpha value is -0.770. The maximum atomic E-state index is 4.70. The molecule has 0 amide bonds. The summed E-state index contributed by atoms with van der Waals surface area (Å²) < 4.78 is 0. The summed E-state index contributed by atoms with van der Waals surface area (Å²) in [5, 5.41) is 4.01. The van der Waals surface area contributed by atoms with Crippen LogP contribution in [-0.4, -0.2) is 21.8 Å². The molecule has 1 aromatic heterocycles. The minimum Gasteiger partial charge on any atom is -0.370 e. The van der Waals surface area contributed by atoms with Crippen LogP contribution in [0.4, 0.5) is 5.82 Å². The highest BCUT2D eigenvalue weighted by molar-refractivity contribution is 7.99. The van der Waals surface area contributed by atoms with Crippen molar-refractivity contribution in [1.82, 2.24) is 9.97 Å². The fourth-order valence-corrected chi connectivity index (χ4v) is 2.37. The first-order valence-corrected chi connectivity index (χ1v) is 7.97. The molecule has 4 heteroatoms. The van der Waals surface area contributed by atoms with Gasteiger partial charge in [0, 0.05) is 24.2 Å². The van der Waals surface area contributed by atoms with E-state index in [1.54, 1.807) is 0 Å². The highest BCUT2D eigenvalue weighted by atomic mass is 32.2. The van der Waals surface area contributed by atoms with Crippen LogP contribution in [0, 0.1) is 0 Å². The van der Waals surface area contributed by atoms with Crippen molar-refractivity contribution in [3.8, 4) is 0 Å². The second-order valence-corrected chi connectivity index (χ2v) is 6.72. The van der Waals surface area contributed by atoms with E-state index in [0.717, 1.165) is 30.4 Å². The molecule has 100 valence electrons. The van der Waals surface area contributed by atoms with Gasteiger partial charge < -0.3 is 5.32 Å². The zero-order valence-electron chi connectivity index (χ0n) is 11.6. The van der Waals surface area contributed by atoms with E-state index in [1.165, 1.54) is 18.5 Å². The van der Waals surface area contributed by atoms with Gasteiger partial charge in [0.15, 0.2) is 0 Å². The van der Waals surface area contributed by atoms with Gasteiger partial charge in [-0.15, -0.1) is 0 Å². The first-order valence-electron chi connectivity index (χ1n) is 6.92. The molecule has 0 unspecified atom stereocenters. The van der Waals surface area contributed by atoms with E-state index >= 15 is 0 Å². The van der Waals surface area contributed by atoms with Gasteiger partial charge in [0.05, 0.1) is 5.75 Å². The Morgan fingerprint density at radius 1 is 1.39 bits per heavy atom. The SMILES string of the molecule is CCCNc1cc(C2CC2)nc(CSC(C)C)n1. The first kappa shape index (κ1) is 13.7. The topological polar surface area (TPSA) is 37.8 Å². The van der Waals surface area contributed by atoms with Gasteiger partial charge in [0.25, 0.3) is 0 Å². The molecular weight excluding hydrogens is 242 g/mol. The van der Waals surface area contributed by atoms with E-state index < -0.39 is 0 Å². The summed E-state index contributed by atoms with van der Waals surface area (Å²) in [6, 6.07) is 2.14. The normalized spacial score (nSPS) is 15.1. The smallest absolute Gasteiger partial charge is 0.140 e. The maximum absolute atomic E-state index is 4.70.